The molecular weight excluding hydrogens is 277 g/mol. The Morgan fingerprint density at radius 1 is 1.47 bits per heavy atom. The first kappa shape index (κ1) is 13.0. The molecule has 0 aliphatic carbocycles. The molecule has 0 aliphatic rings. The number of nitrogens with one attached hydrogen (secondary N) is 1. The van der Waals surface area contributed by atoms with Gasteiger partial charge in [0.1, 0.15) is 0 Å². The minimum atomic E-state index is 0.0255. The number of rotatable bonds is 6. The van der Waals surface area contributed by atoms with Crippen LogP contribution in [0.4, 0.5) is 0 Å². The van der Waals surface area contributed by atoms with Gasteiger partial charge in [-0.2, -0.15) is 0 Å². The molecule has 1 unspecified atom stereocenters. The summed E-state index contributed by atoms with van der Waals surface area (Å²) in [6.07, 6.45) is 0. The van der Waals surface area contributed by atoms with Crippen molar-refractivity contribution in [1.29, 1.82) is 0 Å². The fourth-order valence-corrected chi connectivity index (χ4v) is 1.91. The van der Waals surface area contributed by atoms with Gasteiger partial charge in [-0.1, -0.05) is 34.1 Å². The molecule has 1 aromatic rings. The molecule has 0 bridgehead atoms. The first-order valence-corrected chi connectivity index (χ1v) is 6.04. The van der Waals surface area contributed by atoms with Crippen LogP contribution >= 0.6 is 27.5 Å². The van der Waals surface area contributed by atoms with E-state index in [9.17, 15) is 0 Å². The zero-order valence-electron chi connectivity index (χ0n) is 8.67. The summed E-state index contributed by atoms with van der Waals surface area (Å²) in [5, 5.41) is 3.31. The first-order valence-electron chi connectivity index (χ1n) is 4.81. The summed E-state index contributed by atoms with van der Waals surface area (Å²) in [5.74, 6) is 0. The highest BCUT2D eigenvalue weighted by Crippen LogP contribution is 2.15. The average molecular weight is 293 g/mol. The molecule has 0 radical (unpaired) electrons. The number of alkyl halides is 1. The lowest BCUT2D eigenvalue weighted by atomic mass is 10.2. The van der Waals surface area contributed by atoms with Crippen molar-refractivity contribution < 1.29 is 4.74 Å². The topological polar surface area (TPSA) is 21.3 Å². The van der Waals surface area contributed by atoms with Crippen molar-refractivity contribution in [3.63, 3.8) is 0 Å². The van der Waals surface area contributed by atoms with Crippen LogP contribution < -0.4 is 5.32 Å². The predicted molar refractivity (Wildman–Crippen MR) is 67.4 cm³/mol. The zero-order chi connectivity index (χ0) is 11.1. The monoisotopic (exact) mass is 291 g/mol. The summed E-state index contributed by atoms with van der Waals surface area (Å²) in [6.45, 7) is 2.13. The number of halogens is 2. The van der Waals surface area contributed by atoms with E-state index in [0.717, 1.165) is 17.6 Å². The quantitative estimate of drug-likeness (QED) is 0.814. The lowest BCUT2D eigenvalue weighted by Gasteiger charge is -2.10. The van der Waals surface area contributed by atoms with E-state index in [4.69, 9.17) is 16.3 Å². The van der Waals surface area contributed by atoms with Gasteiger partial charge in [0.2, 0.25) is 0 Å². The summed E-state index contributed by atoms with van der Waals surface area (Å²) < 4.78 is 6.07. The second kappa shape index (κ2) is 7.23. The van der Waals surface area contributed by atoms with Crippen molar-refractivity contribution >= 4 is 27.5 Å². The highest BCUT2D eigenvalue weighted by Gasteiger charge is 2.03. The van der Waals surface area contributed by atoms with Crippen LogP contribution in [-0.4, -0.2) is 25.6 Å². The zero-order valence-corrected chi connectivity index (χ0v) is 11.0. The lowest BCUT2D eigenvalue weighted by Crippen LogP contribution is -2.25. The summed E-state index contributed by atoms with van der Waals surface area (Å²) in [4.78, 5) is 0. The average Bonchev–Trinajstić information content (AvgIpc) is 2.21. The maximum Gasteiger partial charge on any atom is 0.0694 e. The third-order valence-corrected chi connectivity index (χ3v) is 3.04. The predicted octanol–water partition coefficient (Wildman–Crippen LogP) is 2.79. The molecule has 0 amide bonds. The molecule has 4 heteroatoms. The van der Waals surface area contributed by atoms with Gasteiger partial charge in [0.05, 0.1) is 12.0 Å². The molecule has 2 nitrogen and oxygen atoms in total. The van der Waals surface area contributed by atoms with Gasteiger partial charge < -0.3 is 10.1 Å². The third kappa shape index (κ3) is 4.98. The standard InChI is InChI=1S/C11H15BrClNO/c1-15-8-10(13)7-14-6-9-4-2-3-5-11(9)12/h2-5,10,14H,6-8H2,1H3. The van der Waals surface area contributed by atoms with E-state index in [1.54, 1.807) is 7.11 Å². The van der Waals surface area contributed by atoms with Gasteiger partial charge in [0.15, 0.2) is 0 Å². The van der Waals surface area contributed by atoms with Crippen molar-refractivity contribution in [3.8, 4) is 0 Å². The third-order valence-electron chi connectivity index (χ3n) is 1.99. The van der Waals surface area contributed by atoms with Crippen molar-refractivity contribution in [2.75, 3.05) is 20.3 Å². The van der Waals surface area contributed by atoms with E-state index >= 15 is 0 Å². The first-order chi connectivity index (χ1) is 7.24. The number of hydrogen-bond donors (Lipinski definition) is 1. The Morgan fingerprint density at radius 2 is 2.20 bits per heavy atom. The van der Waals surface area contributed by atoms with Crippen molar-refractivity contribution in [3.05, 3.63) is 34.3 Å². The van der Waals surface area contributed by atoms with E-state index in [0.29, 0.717) is 6.61 Å². The van der Waals surface area contributed by atoms with Gasteiger partial charge in [-0.15, -0.1) is 11.6 Å². The number of ether oxygens (including phenoxy) is 1. The van der Waals surface area contributed by atoms with Crippen LogP contribution in [0.25, 0.3) is 0 Å². The molecule has 0 aromatic heterocycles. The van der Waals surface area contributed by atoms with E-state index < -0.39 is 0 Å². The molecule has 84 valence electrons. The Morgan fingerprint density at radius 3 is 2.87 bits per heavy atom. The molecule has 1 aromatic carbocycles. The SMILES string of the molecule is COCC(Cl)CNCc1ccccc1Br. The fraction of sp³-hybridized carbons (Fsp3) is 0.455. The molecule has 0 fully saturated rings. The number of methoxy groups -OCH3 is 1. The van der Waals surface area contributed by atoms with Gasteiger partial charge in [0, 0.05) is 24.7 Å². The van der Waals surface area contributed by atoms with Gasteiger partial charge in [0.25, 0.3) is 0 Å². The van der Waals surface area contributed by atoms with Crippen LogP contribution in [0.5, 0.6) is 0 Å². The fourth-order valence-electron chi connectivity index (χ4n) is 1.24. The molecule has 15 heavy (non-hydrogen) atoms. The highest BCUT2D eigenvalue weighted by molar-refractivity contribution is 9.10. The lowest BCUT2D eigenvalue weighted by molar-refractivity contribution is 0.197. The Labute approximate surface area is 104 Å². The summed E-state index contributed by atoms with van der Waals surface area (Å²) in [7, 11) is 1.66. The maximum atomic E-state index is 5.99. The highest BCUT2D eigenvalue weighted by atomic mass is 79.9. The molecule has 0 saturated carbocycles. The number of hydrogen-bond acceptors (Lipinski definition) is 2. The van der Waals surface area contributed by atoms with Gasteiger partial charge in [-0.25, -0.2) is 0 Å². The van der Waals surface area contributed by atoms with Crippen molar-refractivity contribution in [2.24, 2.45) is 0 Å². The van der Waals surface area contributed by atoms with E-state index in [-0.39, 0.29) is 5.38 Å². The molecule has 0 spiro atoms. The molecule has 0 saturated heterocycles. The normalized spacial score (nSPS) is 12.7. The molecule has 1 atom stereocenters. The molecule has 0 aliphatic heterocycles. The Kier molecular flexibility index (Phi) is 6.25. The van der Waals surface area contributed by atoms with Crippen LogP contribution in [0, 0.1) is 0 Å². The summed E-state index contributed by atoms with van der Waals surface area (Å²) >= 11 is 9.48. The molecule has 1 rings (SSSR count). The molecular formula is C11H15BrClNO. The summed E-state index contributed by atoms with van der Waals surface area (Å²) in [5.41, 5.74) is 1.23. The minimum absolute atomic E-state index is 0.0255. The van der Waals surface area contributed by atoms with Crippen LogP contribution in [-0.2, 0) is 11.3 Å². The molecule has 1 N–H and O–H groups in total. The van der Waals surface area contributed by atoms with Gasteiger partial charge >= 0.3 is 0 Å². The van der Waals surface area contributed by atoms with Crippen LogP contribution in [0.15, 0.2) is 28.7 Å². The largest absolute Gasteiger partial charge is 0.383 e. The van der Waals surface area contributed by atoms with Crippen molar-refractivity contribution in [2.45, 2.75) is 11.9 Å². The Balaban J connectivity index is 2.29. The van der Waals surface area contributed by atoms with Crippen LogP contribution in [0.3, 0.4) is 0 Å². The van der Waals surface area contributed by atoms with Crippen LogP contribution in [0.2, 0.25) is 0 Å². The number of benzene rings is 1. The van der Waals surface area contributed by atoms with Gasteiger partial charge in [-0.3, -0.25) is 0 Å². The van der Waals surface area contributed by atoms with E-state index in [2.05, 4.69) is 27.3 Å². The second-order valence-electron chi connectivity index (χ2n) is 3.27. The van der Waals surface area contributed by atoms with E-state index in [1.807, 2.05) is 18.2 Å². The van der Waals surface area contributed by atoms with Crippen LogP contribution in [0.1, 0.15) is 5.56 Å². The van der Waals surface area contributed by atoms with E-state index in [1.165, 1.54) is 5.56 Å². The summed E-state index contributed by atoms with van der Waals surface area (Å²) in [6, 6.07) is 8.14. The minimum Gasteiger partial charge on any atom is -0.383 e. The maximum absolute atomic E-state index is 5.99. The second-order valence-corrected chi connectivity index (χ2v) is 4.75. The van der Waals surface area contributed by atoms with Gasteiger partial charge in [-0.05, 0) is 11.6 Å². The molecule has 0 heterocycles. The Hall–Kier alpha value is -0.0900. The smallest absolute Gasteiger partial charge is 0.0694 e. The van der Waals surface area contributed by atoms with Crippen molar-refractivity contribution in [1.82, 2.24) is 5.32 Å². The Bertz CT molecular complexity index is 296.